The minimum absolute atomic E-state index is 0.0270. The van der Waals surface area contributed by atoms with Gasteiger partial charge < -0.3 is 42.6 Å². The molecule has 0 aromatic heterocycles. The van der Waals surface area contributed by atoms with Crippen molar-refractivity contribution in [3.05, 3.63) is 62.7 Å². The second-order valence-corrected chi connectivity index (χ2v) is 19.8. The van der Waals surface area contributed by atoms with Crippen molar-refractivity contribution in [2.45, 2.75) is 121 Å². The van der Waals surface area contributed by atoms with Crippen molar-refractivity contribution in [3.63, 3.8) is 0 Å². The Morgan fingerprint density at radius 2 is 1.69 bits per heavy atom. The minimum Gasteiger partial charge on any atom is -0.493 e. The van der Waals surface area contributed by atoms with E-state index in [1.54, 1.807) is 51.8 Å². The Hall–Kier alpha value is -5.08. The van der Waals surface area contributed by atoms with Gasteiger partial charge in [-0.25, -0.2) is 9.59 Å². The molecule has 7 aliphatic heterocycles. The molecular formula is C49H60N4O11S. The number of piperazine rings is 1. The highest BCUT2D eigenvalue weighted by Gasteiger charge is 2.62. The molecule has 3 aromatic rings. The third-order valence-electron chi connectivity index (χ3n) is 13.6. The Morgan fingerprint density at radius 3 is 2.38 bits per heavy atom. The van der Waals surface area contributed by atoms with Crippen LogP contribution in [0.2, 0.25) is 0 Å². The number of aryl methyl sites for hydroxylation is 1. The molecule has 10 rings (SSSR count). The molecule has 0 aliphatic carbocycles. The minimum atomic E-state index is -1.35. The van der Waals surface area contributed by atoms with E-state index in [2.05, 4.69) is 48.1 Å². The number of thioether (sulfide) groups is 1. The monoisotopic (exact) mass is 912 g/mol. The molecule has 1 N–H and O–H groups in total. The third-order valence-corrected chi connectivity index (χ3v) is 15.1. The van der Waals surface area contributed by atoms with Crippen LogP contribution in [0.4, 0.5) is 4.79 Å². The number of rotatable bonds is 9. The van der Waals surface area contributed by atoms with Gasteiger partial charge in [0.1, 0.15) is 24.0 Å². The summed E-state index contributed by atoms with van der Waals surface area (Å²) >= 11 is 1.63. The summed E-state index contributed by atoms with van der Waals surface area (Å²) < 4.78 is 56.0. The number of esters is 1. The van der Waals surface area contributed by atoms with Crippen molar-refractivity contribution < 1.29 is 52.2 Å². The first-order valence-corrected chi connectivity index (χ1v) is 23.7. The molecule has 0 saturated carbocycles. The molecule has 348 valence electrons. The maximum atomic E-state index is 15.2. The van der Waals surface area contributed by atoms with E-state index in [-0.39, 0.29) is 48.8 Å². The SMILES string of the molecule is CCCOc1c(OC)c(C)cc2c1C1C3[C@@H]4SC[C@]5(NCCc6cc(OC(=O)OC(C)(C)C)c(OC)cc65)C(=O)OC[C@@H](c5c6c(c(C)c(OCCC)c54)OCO6)N3[C@@H](C#N)[C@H](C2)N1C. The lowest BCUT2D eigenvalue weighted by Gasteiger charge is -2.62. The molecule has 2 fully saturated rings. The predicted octanol–water partition coefficient (Wildman–Crippen LogP) is 7.54. The van der Waals surface area contributed by atoms with Crippen LogP contribution >= 0.6 is 11.8 Å². The van der Waals surface area contributed by atoms with E-state index < -0.39 is 40.6 Å². The van der Waals surface area contributed by atoms with Gasteiger partial charge in [0.25, 0.3) is 0 Å². The molecule has 2 saturated heterocycles. The van der Waals surface area contributed by atoms with E-state index in [4.69, 9.17) is 42.6 Å². The number of nitriles is 1. The number of hydrogen-bond donors (Lipinski definition) is 1. The van der Waals surface area contributed by atoms with Gasteiger partial charge in [0.15, 0.2) is 40.0 Å². The molecule has 0 radical (unpaired) electrons. The standard InChI is InChI=1S/C49H60N4O11S/c1-11-15-58-41-26(4)42-44(62-24-61-42)36-32-22-60-46(54)49(29-20-33(56-9)34(19-27(29)13-14-51-49)63-47(55)64-48(5,6)7)23-65-45(37(36)41)39-38-35-28(18-30(52(38)8)31(21-50)53(32)39)17-25(3)40(57-10)43(35)59-16-12-2/h17,19-20,30-32,38-39,45,51H,11-16,18,22-24H2,1-10H3/t30-,31-,32-,38?,39?,45+,49+/m0/s1. The highest BCUT2D eigenvalue weighted by molar-refractivity contribution is 7.99. The fraction of sp³-hybridized carbons (Fsp3) is 0.571. The van der Waals surface area contributed by atoms with Crippen molar-refractivity contribution >= 4 is 23.9 Å². The lowest BCUT2D eigenvalue weighted by molar-refractivity contribution is -0.157. The Morgan fingerprint density at radius 1 is 0.954 bits per heavy atom. The second-order valence-electron chi connectivity index (χ2n) is 18.7. The average molecular weight is 913 g/mol. The number of methoxy groups -OCH3 is 2. The first-order chi connectivity index (χ1) is 31.2. The van der Waals surface area contributed by atoms with Gasteiger partial charge in [-0.1, -0.05) is 19.9 Å². The highest BCUT2D eigenvalue weighted by Crippen LogP contribution is 2.65. The summed E-state index contributed by atoms with van der Waals surface area (Å²) in [5, 5.41) is 14.6. The van der Waals surface area contributed by atoms with Crippen LogP contribution in [0.1, 0.15) is 109 Å². The van der Waals surface area contributed by atoms with Gasteiger partial charge in [-0.3, -0.25) is 15.1 Å². The van der Waals surface area contributed by atoms with Crippen LogP contribution in [0.15, 0.2) is 18.2 Å². The number of likely N-dealkylation sites (N-methyl/N-ethyl adjacent to an activating group) is 1. The van der Waals surface area contributed by atoms with Crippen LogP contribution in [0.25, 0.3) is 0 Å². The Bertz CT molecular complexity index is 2450. The molecule has 3 aromatic carbocycles. The van der Waals surface area contributed by atoms with Gasteiger partial charge in [-0.15, -0.1) is 11.8 Å². The summed E-state index contributed by atoms with van der Waals surface area (Å²) in [5.41, 5.74) is 5.10. The molecule has 4 bridgehead atoms. The summed E-state index contributed by atoms with van der Waals surface area (Å²) in [5.74, 6) is 3.54. The number of nitrogens with zero attached hydrogens (tertiary/aromatic N) is 3. The van der Waals surface area contributed by atoms with Crippen molar-refractivity contribution in [3.8, 4) is 46.3 Å². The van der Waals surface area contributed by atoms with Crippen molar-refractivity contribution in [1.82, 2.24) is 15.1 Å². The molecule has 7 atom stereocenters. The van der Waals surface area contributed by atoms with Crippen molar-refractivity contribution in [2.24, 2.45) is 0 Å². The molecular weight excluding hydrogens is 853 g/mol. The number of hydrogen-bond acceptors (Lipinski definition) is 16. The number of fused-ring (bicyclic) bond motifs is 9. The average Bonchev–Trinajstić information content (AvgIpc) is 3.76. The number of nitrogens with one attached hydrogen (secondary N) is 1. The lowest BCUT2D eigenvalue weighted by Crippen LogP contribution is -2.69. The van der Waals surface area contributed by atoms with Crippen LogP contribution in [0, 0.1) is 25.2 Å². The van der Waals surface area contributed by atoms with E-state index in [0.717, 1.165) is 63.3 Å². The van der Waals surface area contributed by atoms with Gasteiger partial charge in [0, 0.05) is 46.6 Å². The smallest absolute Gasteiger partial charge is 0.493 e. The molecule has 16 heteroatoms. The summed E-state index contributed by atoms with van der Waals surface area (Å²) in [6, 6.07) is 6.39. The molecule has 15 nitrogen and oxygen atoms in total. The molecule has 0 amide bonds. The number of benzene rings is 3. The maximum absolute atomic E-state index is 15.2. The quantitative estimate of drug-likeness (QED) is 0.166. The highest BCUT2D eigenvalue weighted by atomic mass is 32.2. The summed E-state index contributed by atoms with van der Waals surface area (Å²) in [7, 11) is 5.31. The van der Waals surface area contributed by atoms with E-state index in [9.17, 15) is 10.1 Å². The van der Waals surface area contributed by atoms with Gasteiger partial charge >= 0.3 is 12.1 Å². The van der Waals surface area contributed by atoms with Crippen LogP contribution in [-0.2, 0) is 32.6 Å². The Labute approximate surface area is 385 Å². The topological polar surface area (TPSA) is 160 Å². The van der Waals surface area contributed by atoms with Crippen LogP contribution < -0.4 is 38.5 Å². The zero-order chi connectivity index (χ0) is 46.1. The largest absolute Gasteiger partial charge is 0.514 e. The van der Waals surface area contributed by atoms with Crippen LogP contribution in [0.3, 0.4) is 0 Å². The normalized spacial score (nSPS) is 26.4. The second kappa shape index (κ2) is 17.3. The van der Waals surface area contributed by atoms with Gasteiger partial charge in [0.05, 0.1) is 50.8 Å². The fourth-order valence-electron chi connectivity index (χ4n) is 11.1. The summed E-state index contributed by atoms with van der Waals surface area (Å²) in [4.78, 5) is 32.8. The first-order valence-electron chi connectivity index (χ1n) is 22.7. The molecule has 7 aliphatic rings. The zero-order valence-corrected chi connectivity index (χ0v) is 39.8. The molecule has 7 heterocycles. The molecule has 2 unspecified atom stereocenters. The van der Waals surface area contributed by atoms with E-state index in [1.165, 1.54) is 7.11 Å². The van der Waals surface area contributed by atoms with Gasteiger partial charge in [-0.05, 0) is 102 Å². The predicted molar refractivity (Wildman–Crippen MR) is 242 cm³/mol. The van der Waals surface area contributed by atoms with Gasteiger partial charge in [0.2, 0.25) is 6.79 Å². The third kappa shape index (κ3) is 7.28. The fourth-order valence-corrected chi connectivity index (χ4v) is 12.7. The number of carbonyl (C=O) groups is 2. The van der Waals surface area contributed by atoms with Crippen LogP contribution in [-0.4, -0.2) is 106 Å². The Balaban J connectivity index is 1.27. The van der Waals surface area contributed by atoms with Crippen molar-refractivity contribution in [1.29, 1.82) is 5.26 Å². The Kier molecular flexibility index (Phi) is 12.0. The summed E-state index contributed by atoms with van der Waals surface area (Å²) in [6.07, 6.45) is 1.87. The van der Waals surface area contributed by atoms with E-state index >= 15 is 4.79 Å². The maximum Gasteiger partial charge on any atom is 0.514 e. The molecule has 1 spiro atoms. The molecule has 65 heavy (non-hydrogen) atoms. The zero-order valence-electron chi connectivity index (χ0n) is 39.0. The number of ether oxygens (including phenoxy) is 9. The van der Waals surface area contributed by atoms with Crippen molar-refractivity contribution in [2.75, 3.05) is 60.2 Å². The first kappa shape index (κ1) is 45.1. The number of carbonyl (C=O) groups excluding carboxylic acids is 2. The van der Waals surface area contributed by atoms with E-state index in [1.807, 2.05) is 13.8 Å². The van der Waals surface area contributed by atoms with Crippen LogP contribution in [0.5, 0.6) is 40.2 Å². The summed E-state index contributed by atoms with van der Waals surface area (Å²) in [6.45, 7) is 14.9. The lowest BCUT2D eigenvalue weighted by atomic mass is 9.71. The van der Waals surface area contributed by atoms with E-state index in [0.29, 0.717) is 55.4 Å². The van der Waals surface area contributed by atoms with Gasteiger partial charge in [-0.2, -0.15) is 5.26 Å².